The minimum Gasteiger partial charge on any atom is -0.397 e. The highest BCUT2D eigenvalue weighted by Gasteiger charge is 2.00. The normalized spacial score (nSPS) is 10.2. The molecule has 0 saturated heterocycles. The quantitative estimate of drug-likeness (QED) is 0.914. The van der Waals surface area contributed by atoms with Gasteiger partial charge >= 0.3 is 0 Å². The molecule has 0 amide bonds. The minimum absolute atomic E-state index is 0.713. The van der Waals surface area contributed by atoms with Crippen LogP contribution in [0.2, 0.25) is 0 Å². The molecule has 0 atom stereocenters. The Bertz CT molecular complexity index is 456. The maximum Gasteiger partial charge on any atom is 0.0642 e. The highest BCUT2D eigenvalue weighted by molar-refractivity contribution is 9.10. The summed E-state index contributed by atoms with van der Waals surface area (Å²) in [5.41, 5.74) is 6.52. The number of aromatic nitrogens is 1. The number of nitrogens with two attached hydrogens (primary N) is 1. The number of rotatable bonds is 2. The van der Waals surface area contributed by atoms with E-state index in [-0.39, 0.29) is 0 Å². The van der Waals surface area contributed by atoms with Crippen LogP contribution in [0.1, 0.15) is 0 Å². The van der Waals surface area contributed by atoms with Gasteiger partial charge in [-0.3, -0.25) is 4.98 Å². The molecule has 15 heavy (non-hydrogen) atoms. The van der Waals surface area contributed by atoms with Gasteiger partial charge in [0.25, 0.3) is 0 Å². The zero-order chi connectivity index (χ0) is 10.7. The predicted molar refractivity (Wildman–Crippen MR) is 66.9 cm³/mol. The largest absolute Gasteiger partial charge is 0.397 e. The topological polar surface area (TPSA) is 38.9 Å². The molecule has 0 aliphatic carbocycles. The van der Waals surface area contributed by atoms with E-state index in [2.05, 4.69) is 33.0 Å². The summed E-state index contributed by atoms with van der Waals surface area (Å²) in [5.74, 6) is 0. The molecule has 4 heteroatoms. The first kappa shape index (κ1) is 10.5. The van der Waals surface area contributed by atoms with Crippen LogP contribution in [0.5, 0.6) is 0 Å². The van der Waals surface area contributed by atoms with Gasteiger partial charge in [-0.1, -0.05) is 27.7 Å². The smallest absolute Gasteiger partial charge is 0.0642 e. The van der Waals surface area contributed by atoms with E-state index in [1.807, 2.05) is 18.2 Å². The van der Waals surface area contributed by atoms with E-state index in [4.69, 9.17) is 5.73 Å². The van der Waals surface area contributed by atoms with E-state index in [0.29, 0.717) is 5.69 Å². The zero-order valence-corrected chi connectivity index (χ0v) is 10.3. The van der Waals surface area contributed by atoms with Crippen LogP contribution in [-0.4, -0.2) is 4.98 Å². The van der Waals surface area contributed by atoms with Gasteiger partial charge < -0.3 is 5.73 Å². The van der Waals surface area contributed by atoms with Crippen molar-refractivity contribution in [2.45, 2.75) is 9.79 Å². The minimum atomic E-state index is 0.713. The summed E-state index contributed by atoms with van der Waals surface area (Å²) in [6, 6.07) is 10.0. The van der Waals surface area contributed by atoms with Crippen molar-refractivity contribution in [2.75, 3.05) is 5.73 Å². The number of hydrogen-bond acceptors (Lipinski definition) is 3. The summed E-state index contributed by atoms with van der Waals surface area (Å²) < 4.78 is 1.08. The van der Waals surface area contributed by atoms with Crippen molar-refractivity contribution < 1.29 is 0 Å². The highest BCUT2D eigenvalue weighted by atomic mass is 79.9. The van der Waals surface area contributed by atoms with Crippen molar-refractivity contribution in [1.82, 2.24) is 4.98 Å². The van der Waals surface area contributed by atoms with E-state index in [1.165, 1.54) is 0 Å². The lowest BCUT2D eigenvalue weighted by Gasteiger charge is -2.04. The molecule has 0 aliphatic rings. The van der Waals surface area contributed by atoms with E-state index in [9.17, 15) is 0 Å². The number of nitrogens with zero attached hydrogens (tertiary/aromatic N) is 1. The molecule has 1 heterocycles. The molecular formula is C11H9BrN2S. The Morgan fingerprint density at radius 3 is 2.53 bits per heavy atom. The van der Waals surface area contributed by atoms with Crippen LogP contribution in [0.3, 0.4) is 0 Å². The Balaban J connectivity index is 2.22. The average molecular weight is 281 g/mol. The number of hydrogen-bond donors (Lipinski definition) is 1. The molecule has 0 fully saturated rings. The van der Waals surface area contributed by atoms with Gasteiger partial charge in [-0.2, -0.15) is 0 Å². The van der Waals surface area contributed by atoms with Crippen molar-refractivity contribution in [3.05, 3.63) is 47.2 Å². The number of halogens is 1. The Hall–Kier alpha value is -1.00. The van der Waals surface area contributed by atoms with E-state index >= 15 is 0 Å². The summed E-state index contributed by atoms with van der Waals surface area (Å²) >= 11 is 5.04. The molecule has 1 aromatic carbocycles. The van der Waals surface area contributed by atoms with Crippen molar-refractivity contribution in [3.8, 4) is 0 Å². The molecule has 0 saturated carbocycles. The Morgan fingerprint density at radius 2 is 1.87 bits per heavy atom. The number of nitrogen functional groups attached to an aromatic ring is 1. The molecule has 0 radical (unpaired) electrons. The second-order valence-electron chi connectivity index (χ2n) is 2.97. The first-order valence-corrected chi connectivity index (χ1v) is 5.99. The van der Waals surface area contributed by atoms with Gasteiger partial charge in [-0.05, 0) is 30.3 Å². The Labute approximate surface area is 101 Å². The van der Waals surface area contributed by atoms with E-state index in [0.717, 1.165) is 14.3 Å². The van der Waals surface area contributed by atoms with Gasteiger partial charge in [0.1, 0.15) is 0 Å². The van der Waals surface area contributed by atoms with Crippen LogP contribution < -0.4 is 5.73 Å². The Morgan fingerprint density at radius 1 is 1.13 bits per heavy atom. The molecule has 0 aliphatic heterocycles. The lowest BCUT2D eigenvalue weighted by Crippen LogP contribution is -1.88. The summed E-state index contributed by atoms with van der Waals surface area (Å²) in [7, 11) is 0. The van der Waals surface area contributed by atoms with Crippen molar-refractivity contribution in [2.24, 2.45) is 0 Å². The van der Waals surface area contributed by atoms with Crippen LogP contribution in [0.15, 0.2) is 57.0 Å². The number of pyridine rings is 1. The average Bonchev–Trinajstić information content (AvgIpc) is 2.25. The maximum absolute atomic E-state index is 5.81. The van der Waals surface area contributed by atoms with E-state index < -0.39 is 0 Å². The molecule has 2 nitrogen and oxygen atoms in total. The summed E-state index contributed by atoms with van der Waals surface area (Å²) in [4.78, 5) is 6.15. The van der Waals surface area contributed by atoms with Gasteiger partial charge in [0, 0.05) is 20.5 Å². The Kier molecular flexibility index (Phi) is 3.28. The SMILES string of the molecule is Nc1cnccc1Sc1ccc(Br)cc1. The maximum atomic E-state index is 5.81. The van der Waals surface area contributed by atoms with Gasteiger partial charge in [-0.15, -0.1) is 0 Å². The molecule has 0 bridgehead atoms. The third-order valence-corrected chi connectivity index (χ3v) is 3.48. The van der Waals surface area contributed by atoms with Gasteiger partial charge in [0.2, 0.25) is 0 Å². The number of benzene rings is 1. The molecule has 0 unspecified atom stereocenters. The second kappa shape index (κ2) is 4.68. The van der Waals surface area contributed by atoms with Crippen molar-refractivity contribution in [3.63, 3.8) is 0 Å². The summed E-state index contributed by atoms with van der Waals surface area (Å²) in [5, 5.41) is 0. The lowest BCUT2D eigenvalue weighted by molar-refractivity contribution is 1.26. The fourth-order valence-electron chi connectivity index (χ4n) is 1.12. The lowest BCUT2D eigenvalue weighted by atomic mass is 10.4. The fraction of sp³-hybridized carbons (Fsp3) is 0. The molecule has 76 valence electrons. The standard InChI is InChI=1S/C11H9BrN2S/c12-8-1-3-9(4-2-8)15-11-5-6-14-7-10(11)13/h1-7H,13H2. The molecular weight excluding hydrogens is 272 g/mol. The van der Waals surface area contributed by atoms with Crippen molar-refractivity contribution in [1.29, 1.82) is 0 Å². The van der Waals surface area contributed by atoms with Crippen molar-refractivity contribution >= 4 is 33.4 Å². The monoisotopic (exact) mass is 280 g/mol. The zero-order valence-electron chi connectivity index (χ0n) is 7.85. The predicted octanol–water partition coefficient (Wildman–Crippen LogP) is 3.58. The first-order chi connectivity index (χ1) is 7.25. The molecule has 1 aromatic heterocycles. The molecule has 0 spiro atoms. The second-order valence-corrected chi connectivity index (χ2v) is 5.00. The summed E-state index contributed by atoms with van der Waals surface area (Å²) in [6.07, 6.45) is 3.42. The molecule has 2 rings (SSSR count). The van der Waals surface area contributed by atoms with Crippen LogP contribution in [-0.2, 0) is 0 Å². The van der Waals surface area contributed by atoms with Gasteiger partial charge in [0.15, 0.2) is 0 Å². The van der Waals surface area contributed by atoms with Crippen LogP contribution in [0.25, 0.3) is 0 Å². The van der Waals surface area contributed by atoms with Gasteiger partial charge in [0.05, 0.1) is 11.9 Å². The van der Waals surface area contributed by atoms with Crippen LogP contribution in [0, 0.1) is 0 Å². The van der Waals surface area contributed by atoms with Gasteiger partial charge in [-0.25, -0.2) is 0 Å². The molecule has 2 N–H and O–H groups in total. The van der Waals surface area contributed by atoms with Crippen LogP contribution in [0.4, 0.5) is 5.69 Å². The third-order valence-electron chi connectivity index (χ3n) is 1.85. The first-order valence-electron chi connectivity index (χ1n) is 4.38. The summed E-state index contributed by atoms with van der Waals surface area (Å²) in [6.45, 7) is 0. The van der Waals surface area contributed by atoms with E-state index in [1.54, 1.807) is 24.2 Å². The fourth-order valence-corrected chi connectivity index (χ4v) is 2.21. The number of anilines is 1. The third kappa shape index (κ3) is 2.73. The highest BCUT2D eigenvalue weighted by Crippen LogP contribution is 2.31. The van der Waals surface area contributed by atoms with Crippen LogP contribution >= 0.6 is 27.7 Å². The molecule has 2 aromatic rings.